The molecular formula is C22H25N3O5S. The minimum atomic E-state index is -3.60. The van der Waals surface area contributed by atoms with Crippen molar-refractivity contribution in [2.45, 2.75) is 31.5 Å². The molecule has 0 aromatic heterocycles. The number of hydrogen-bond donors (Lipinski definition) is 2. The highest BCUT2D eigenvalue weighted by molar-refractivity contribution is 7.86. The molecule has 1 aliphatic rings. The van der Waals surface area contributed by atoms with Crippen molar-refractivity contribution < 1.29 is 22.1 Å². The average Bonchev–Trinajstić information content (AvgIpc) is 3.02. The van der Waals surface area contributed by atoms with Gasteiger partial charge in [0, 0.05) is 13.0 Å². The maximum atomic E-state index is 12.4. The van der Waals surface area contributed by atoms with E-state index in [1.165, 1.54) is 0 Å². The third-order valence-electron chi connectivity index (χ3n) is 4.70. The fraction of sp³-hybridized carbons (Fsp3) is 0.364. The Labute approximate surface area is 182 Å². The zero-order chi connectivity index (χ0) is 22.3. The van der Waals surface area contributed by atoms with Gasteiger partial charge in [0.15, 0.2) is 6.23 Å². The van der Waals surface area contributed by atoms with Crippen molar-refractivity contribution in [3.63, 3.8) is 0 Å². The van der Waals surface area contributed by atoms with Crippen LogP contribution in [0.15, 0.2) is 48.5 Å². The van der Waals surface area contributed by atoms with Crippen molar-refractivity contribution in [1.29, 1.82) is 5.26 Å². The third kappa shape index (κ3) is 7.07. The first kappa shape index (κ1) is 22.7. The molecule has 1 saturated heterocycles. The van der Waals surface area contributed by atoms with Crippen LogP contribution >= 0.6 is 0 Å². The Morgan fingerprint density at radius 2 is 2.03 bits per heavy atom. The molecule has 2 aromatic carbocycles. The highest BCUT2D eigenvalue weighted by Gasteiger charge is 2.23. The Kier molecular flexibility index (Phi) is 7.63. The summed E-state index contributed by atoms with van der Waals surface area (Å²) in [5.74, 6) is -0.0987. The average molecular weight is 444 g/mol. The zero-order valence-corrected chi connectivity index (χ0v) is 18.0. The van der Waals surface area contributed by atoms with E-state index < -0.39 is 22.4 Å². The van der Waals surface area contributed by atoms with Crippen molar-refractivity contribution in [3.05, 3.63) is 54.1 Å². The van der Waals surface area contributed by atoms with Gasteiger partial charge >= 0.3 is 10.1 Å². The van der Waals surface area contributed by atoms with Crippen LogP contribution in [-0.2, 0) is 26.1 Å². The Balaban J connectivity index is 1.63. The fourth-order valence-electron chi connectivity index (χ4n) is 3.24. The van der Waals surface area contributed by atoms with Gasteiger partial charge < -0.3 is 14.2 Å². The lowest BCUT2D eigenvalue weighted by Gasteiger charge is -2.18. The molecule has 1 heterocycles. The minimum absolute atomic E-state index is 0.241. The largest absolute Gasteiger partial charge is 0.383 e. The molecule has 2 aromatic rings. The smallest absolute Gasteiger partial charge is 0.306 e. The van der Waals surface area contributed by atoms with Gasteiger partial charge in [-0.05, 0) is 48.2 Å². The number of nitrogens with one attached hydrogen (secondary N) is 2. The molecular weight excluding hydrogens is 418 g/mol. The van der Waals surface area contributed by atoms with Crippen LogP contribution in [0.1, 0.15) is 18.4 Å². The Hall–Kier alpha value is -2.93. The van der Waals surface area contributed by atoms with Crippen molar-refractivity contribution in [1.82, 2.24) is 10.6 Å². The quantitative estimate of drug-likeness (QED) is 0.628. The minimum Gasteiger partial charge on any atom is -0.383 e. The topological polar surface area (TPSA) is 118 Å². The number of benzene rings is 2. The number of nitriles is 1. The predicted molar refractivity (Wildman–Crippen MR) is 116 cm³/mol. The number of rotatable bonds is 7. The highest BCUT2D eigenvalue weighted by atomic mass is 32.2. The van der Waals surface area contributed by atoms with E-state index in [-0.39, 0.29) is 11.7 Å². The summed E-state index contributed by atoms with van der Waals surface area (Å²) < 4.78 is 33.1. The van der Waals surface area contributed by atoms with E-state index in [1.807, 2.05) is 30.3 Å². The Morgan fingerprint density at radius 1 is 1.26 bits per heavy atom. The predicted octanol–water partition coefficient (Wildman–Crippen LogP) is 1.97. The molecule has 0 aliphatic carbocycles. The summed E-state index contributed by atoms with van der Waals surface area (Å²) in [5, 5.41) is 15.2. The number of carbonyl (C=O) groups excluding carboxylic acids is 1. The van der Waals surface area contributed by atoms with E-state index in [0.29, 0.717) is 19.6 Å². The van der Waals surface area contributed by atoms with Gasteiger partial charge in [0.05, 0.1) is 12.3 Å². The van der Waals surface area contributed by atoms with Crippen LogP contribution in [0.4, 0.5) is 0 Å². The maximum absolute atomic E-state index is 12.4. The Bertz CT molecular complexity index is 1040. The van der Waals surface area contributed by atoms with Crippen LogP contribution in [0.25, 0.3) is 11.1 Å². The van der Waals surface area contributed by atoms with Crippen LogP contribution in [0.3, 0.4) is 0 Å². The van der Waals surface area contributed by atoms with Crippen LogP contribution in [0.5, 0.6) is 5.75 Å². The fourth-order valence-corrected chi connectivity index (χ4v) is 3.69. The monoisotopic (exact) mass is 443 g/mol. The molecule has 9 heteroatoms. The normalized spacial score (nSPS) is 17.7. The molecule has 164 valence electrons. The number of hydrogen-bond acceptors (Lipinski definition) is 7. The van der Waals surface area contributed by atoms with Crippen LogP contribution in [0.2, 0.25) is 0 Å². The van der Waals surface area contributed by atoms with Crippen molar-refractivity contribution in [3.8, 4) is 22.9 Å². The number of amides is 1. The SMILES string of the molecule is CS(=O)(=O)Oc1cccc(-c2ccc(C[C@@H](C#N)NC(=O)C3NCCCCO3)cc2)c1. The summed E-state index contributed by atoms with van der Waals surface area (Å²) >= 11 is 0. The van der Waals surface area contributed by atoms with Crippen LogP contribution in [0, 0.1) is 11.3 Å². The zero-order valence-electron chi connectivity index (χ0n) is 17.2. The molecule has 0 radical (unpaired) electrons. The summed E-state index contributed by atoms with van der Waals surface area (Å²) in [5.41, 5.74) is 2.56. The van der Waals surface area contributed by atoms with Gasteiger partial charge in [0.2, 0.25) is 0 Å². The lowest BCUT2D eigenvalue weighted by Crippen LogP contribution is -2.49. The summed E-state index contributed by atoms with van der Waals surface area (Å²) in [4.78, 5) is 12.4. The highest BCUT2D eigenvalue weighted by Crippen LogP contribution is 2.25. The van der Waals surface area contributed by atoms with Crippen molar-refractivity contribution in [2.24, 2.45) is 0 Å². The molecule has 0 bridgehead atoms. The van der Waals surface area contributed by atoms with Crippen molar-refractivity contribution in [2.75, 3.05) is 19.4 Å². The summed E-state index contributed by atoms with van der Waals surface area (Å²) in [6.07, 6.45) is 2.46. The number of carbonyl (C=O) groups is 1. The standard InChI is InChI=1S/C22H25N3O5S/c1-31(27,28)30-20-6-4-5-18(14-20)17-9-7-16(8-10-17)13-19(15-23)25-21(26)22-24-11-2-3-12-29-22/h4-10,14,19,22,24H,2-3,11-13H2,1H3,(H,25,26)/t19-,22?/m0/s1. The molecule has 31 heavy (non-hydrogen) atoms. The van der Waals surface area contributed by atoms with E-state index >= 15 is 0 Å². The molecule has 0 saturated carbocycles. The van der Waals surface area contributed by atoms with E-state index in [1.54, 1.807) is 18.2 Å². The Morgan fingerprint density at radius 3 is 2.74 bits per heavy atom. The third-order valence-corrected chi connectivity index (χ3v) is 5.20. The molecule has 0 spiro atoms. The van der Waals surface area contributed by atoms with Crippen LogP contribution < -0.4 is 14.8 Å². The lowest BCUT2D eigenvalue weighted by atomic mass is 10.0. The second-order valence-corrected chi connectivity index (χ2v) is 8.89. The van der Waals surface area contributed by atoms with Gasteiger partial charge in [0.1, 0.15) is 11.8 Å². The number of ether oxygens (including phenoxy) is 1. The van der Waals surface area contributed by atoms with E-state index in [4.69, 9.17) is 8.92 Å². The lowest BCUT2D eigenvalue weighted by molar-refractivity contribution is -0.134. The first-order valence-corrected chi connectivity index (χ1v) is 11.8. The van der Waals surface area contributed by atoms with E-state index in [9.17, 15) is 18.5 Å². The molecule has 3 rings (SSSR count). The van der Waals surface area contributed by atoms with E-state index in [2.05, 4.69) is 16.7 Å². The van der Waals surface area contributed by atoms with Gasteiger partial charge in [-0.1, -0.05) is 36.4 Å². The molecule has 2 N–H and O–H groups in total. The van der Waals surface area contributed by atoms with Gasteiger partial charge in [-0.15, -0.1) is 0 Å². The van der Waals surface area contributed by atoms with Crippen LogP contribution in [-0.4, -0.2) is 46.0 Å². The first-order chi connectivity index (χ1) is 14.8. The van der Waals surface area contributed by atoms with Gasteiger partial charge in [-0.25, -0.2) is 0 Å². The van der Waals surface area contributed by atoms with E-state index in [0.717, 1.165) is 35.8 Å². The molecule has 1 aliphatic heterocycles. The van der Waals surface area contributed by atoms with Gasteiger partial charge in [-0.2, -0.15) is 13.7 Å². The maximum Gasteiger partial charge on any atom is 0.306 e. The molecule has 1 unspecified atom stereocenters. The second kappa shape index (κ2) is 10.4. The molecule has 1 fully saturated rings. The summed E-state index contributed by atoms with van der Waals surface area (Å²) in [6, 6.07) is 15.7. The summed E-state index contributed by atoms with van der Waals surface area (Å²) in [7, 11) is -3.60. The summed E-state index contributed by atoms with van der Waals surface area (Å²) in [6.45, 7) is 1.22. The van der Waals surface area contributed by atoms with Gasteiger partial charge in [-0.3, -0.25) is 10.1 Å². The van der Waals surface area contributed by atoms with Gasteiger partial charge in [0.25, 0.3) is 5.91 Å². The second-order valence-electron chi connectivity index (χ2n) is 7.32. The molecule has 2 atom stereocenters. The molecule has 8 nitrogen and oxygen atoms in total. The number of nitrogens with zero attached hydrogens (tertiary/aromatic N) is 1. The van der Waals surface area contributed by atoms with Crippen molar-refractivity contribution >= 4 is 16.0 Å². The first-order valence-electron chi connectivity index (χ1n) is 9.98. The molecule has 1 amide bonds.